The molecule has 0 spiro atoms. The topological polar surface area (TPSA) is 57.4 Å². The first-order chi connectivity index (χ1) is 8.51. The Morgan fingerprint density at radius 2 is 1.89 bits per heavy atom. The molecular weight excluding hydrogens is 250 g/mol. The zero-order valence-electron chi connectivity index (χ0n) is 10.3. The molecule has 4 atom stereocenters. The van der Waals surface area contributed by atoms with Gasteiger partial charge in [-0.05, 0) is 38.3 Å². The van der Waals surface area contributed by atoms with Crippen molar-refractivity contribution in [1.82, 2.24) is 4.31 Å². The lowest BCUT2D eigenvalue weighted by atomic mass is 9.98. The van der Waals surface area contributed by atoms with Crippen molar-refractivity contribution in [3.05, 3.63) is 29.8 Å². The van der Waals surface area contributed by atoms with Crippen LogP contribution in [0.4, 0.5) is 0 Å². The largest absolute Gasteiger partial charge is 0.391 e. The molecule has 1 heterocycles. The van der Waals surface area contributed by atoms with Crippen LogP contribution < -0.4 is 0 Å². The molecule has 1 aliphatic heterocycles. The summed E-state index contributed by atoms with van der Waals surface area (Å²) in [5.41, 5.74) is 1.04. The monoisotopic (exact) mass is 267 g/mol. The Balaban J connectivity index is 1.90. The molecule has 5 heteroatoms. The maximum Gasteiger partial charge on any atom is 0.243 e. The predicted octanol–water partition coefficient (Wildman–Crippen LogP) is 1.28. The summed E-state index contributed by atoms with van der Waals surface area (Å²) < 4.78 is 26.3. The van der Waals surface area contributed by atoms with Gasteiger partial charge in [-0.3, -0.25) is 0 Å². The standard InChI is InChI=1S/C13H17NO3S/c1-9-5-7-10(8-6-9)18(16,17)14-11-3-2-4-12(15)13(11)14/h5-8,11-13,15H,2-4H2,1H3/t11-,12+,13-,14?/m0/s1. The molecule has 1 aromatic carbocycles. The minimum Gasteiger partial charge on any atom is -0.391 e. The molecule has 1 N–H and O–H groups in total. The van der Waals surface area contributed by atoms with Crippen LogP contribution in [0.2, 0.25) is 0 Å². The quantitative estimate of drug-likeness (QED) is 0.821. The van der Waals surface area contributed by atoms with Gasteiger partial charge in [0.15, 0.2) is 0 Å². The van der Waals surface area contributed by atoms with Crippen molar-refractivity contribution in [3.63, 3.8) is 0 Å². The van der Waals surface area contributed by atoms with Gasteiger partial charge in [-0.25, -0.2) is 8.42 Å². The van der Waals surface area contributed by atoms with Crippen molar-refractivity contribution >= 4 is 10.0 Å². The van der Waals surface area contributed by atoms with Crippen molar-refractivity contribution in [2.45, 2.75) is 49.3 Å². The summed E-state index contributed by atoms with van der Waals surface area (Å²) in [6, 6.07) is 6.71. The van der Waals surface area contributed by atoms with Gasteiger partial charge in [-0.1, -0.05) is 17.7 Å². The number of hydrogen-bond acceptors (Lipinski definition) is 3. The van der Waals surface area contributed by atoms with Gasteiger partial charge >= 0.3 is 0 Å². The molecule has 2 aliphatic rings. The van der Waals surface area contributed by atoms with Crippen LogP contribution >= 0.6 is 0 Å². The lowest BCUT2D eigenvalue weighted by Crippen LogP contribution is -2.23. The number of aliphatic hydroxyl groups is 1. The first-order valence-corrected chi connectivity index (χ1v) is 7.74. The van der Waals surface area contributed by atoms with Crippen LogP contribution in [0, 0.1) is 6.92 Å². The van der Waals surface area contributed by atoms with Gasteiger partial charge < -0.3 is 5.11 Å². The number of aryl methyl sites for hydroxylation is 1. The van der Waals surface area contributed by atoms with Crippen LogP contribution in [0.3, 0.4) is 0 Å². The smallest absolute Gasteiger partial charge is 0.243 e. The van der Waals surface area contributed by atoms with Gasteiger partial charge in [0.1, 0.15) is 0 Å². The Labute approximate surface area is 107 Å². The third kappa shape index (κ3) is 1.77. The fourth-order valence-corrected chi connectivity index (χ4v) is 4.74. The van der Waals surface area contributed by atoms with Gasteiger partial charge in [-0.15, -0.1) is 0 Å². The van der Waals surface area contributed by atoms with Crippen LogP contribution in [-0.2, 0) is 10.0 Å². The molecule has 1 aromatic rings. The normalized spacial score (nSPS) is 35.0. The van der Waals surface area contributed by atoms with Crippen LogP contribution in [0.15, 0.2) is 29.2 Å². The molecule has 4 nitrogen and oxygen atoms in total. The number of nitrogens with zero attached hydrogens (tertiary/aromatic N) is 1. The third-order valence-corrected chi connectivity index (χ3v) is 5.85. The Morgan fingerprint density at radius 1 is 1.22 bits per heavy atom. The molecule has 1 saturated heterocycles. The maximum atomic E-state index is 12.4. The molecule has 0 radical (unpaired) electrons. The highest BCUT2D eigenvalue weighted by molar-refractivity contribution is 7.89. The van der Waals surface area contributed by atoms with Gasteiger partial charge in [0.2, 0.25) is 10.0 Å². The van der Waals surface area contributed by atoms with Crippen molar-refractivity contribution < 1.29 is 13.5 Å². The summed E-state index contributed by atoms with van der Waals surface area (Å²) >= 11 is 0. The maximum absolute atomic E-state index is 12.4. The second kappa shape index (κ2) is 4.05. The Kier molecular flexibility index (Phi) is 2.73. The minimum atomic E-state index is -3.42. The van der Waals surface area contributed by atoms with Crippen molar-refractivity contribution in [2.75, 3.05) is 0 Å². The number of sulfonamides is 1. The molecule has 2 fully saturated rings. The van der Waals surface area contributed by atoms with E-state index in [1.807, 2.05) is 6.92 Å². The van der Waals surface area contributed by atoms with E-state index in [2.05, 4.69) is 0 Å². The van der Waals surface area contributed by atoms with E-state index in [1.54, 1.807) is 24.3 Å². The van der Waals surface area contributed by atoms with E-state index in [4.69, 9.17) is 0 Å². The lowest BCUT2D eigenvalue weighted by molar-refractivity contribution is 0.142. The molecule has 0 aromatic heterocycles. The second-order valence-electron chi connectivity index (χ2n) is 5.20. The first kappa shape index (κ1) is 12.1. The predicted molar refractivity (Wildman–Crippen MR) is 67.6 cm³/mol. The molecule has 98 valence electrons. The second-order valence-corrected chi connectivity index (χ2v) is 7.05. The summed E-state index contributed by atoms with van der Waals surface area (Å²) in [4.78, 5) is 0.328. The van der Waals surface area contributed by atoms with Crippen molar-refractivity contribution in [1.29, 1.82) is 0 Å². The van der Waals surface area contributed by atoms with Gasteiger partial charge in [-0.2, -0.15) is 4.31 Å². The highest BCUT2D eigenvalue weighted by Gasteiger charge is 2.59. The molecule has 0 bridgehead atoms. The molecule has 3 rings (SSSR count). The van der Waals surface area contributed by atoms with E-state index in [1.165, 1.54) is 4.31 Å². The number of rotatable bonds is 2. The number of fused-ring (bicyclic) bond motifs is 1. The molecule has 1 unspecified atom stereocenters. The summed E-state index contributed by atoms with van der Waals surface area (Å²) in [5, 5.41) is 9.84. The summed E-state index contributed by atoms with van der Waals surface area (Å²) in [5.74, 6) is 0. The summed E-state index contributed by atoms with van der Waals surface area (Å²) in [6.45, 7) is 1.93. The van der Waals surface area contributed by atoms with Gasteiger partial charge in [0.05, 0.1) is 17.0 Å². The zero-order chi connectivity index (χ0) is 12.9. The van der Waals surface area contributed by atoms with E-state index in [9.17, 15) is 13.5 Å². The average Bonchev–Trinajstić information content (AvgIpc) is 3.06. The fourth-order valence-electron chi connectivity index (χ4n) is 2.88. The van der Waals surface area contributed by atoms with Crippen molar-refractivity contribution in [2.24, 2.45) is 0 Å². The molecule has 18 heavy (non-hydrogen) atoms. The van der Waals surface area contributed by atoms with E-state index in [0.29, 0.717) is 11.3 Å². The SMILES string of the molecule is Cc1ccc(S(=O)(=O)N2[C@@H]3[C@H](O)CCC[C@@H]32)cc1. The van der Waals surface area contributed by atoms with Crippen LogP contribution in [-0.4, -0.2) is 36.0 Å². The number of aliphatic hydroxyl groups excluding tert-OH is 1. The minimum absolute atomic E-state index is 0.0139. The van der Waals surface area contributed by atoms with Crippen molar-refractivity contribution in [3.8, 4) is 0 Å². The van der Waals surface area contributed by atoms with E-state index in [-0.39, 0.29) is 12.1 Å². The van der Waals surface area contributed by atoms with Crippen LogP contribution in [0.5, 0.6) is 0 Å². The Bertz CT molecular complexity index is 552. The summed E-state index contributed by atoms with van der Waals surface area (Å²) in [6.07, 6.45) is 1.99. The van der Waals surface area contributed by atoms with E-state index >= 15 is 0 Å². The molecule has 1 saturated carbocycles. The summed E-state index contributed by atoms with van der Waals surface area (Å²) in [7, 11) is -3.42. The molecular formula is C13H17NO3S. The molecule has 0 amide bonds. The Morgan fingerprint density at radius 3 is 2.50 bits per heavy atom. The van der Waals surface area contributed by atoms with Crippen LogP contribution in [0.25, 0.3) is 0 Å². The Hall–Kier alpha value is -0.910. The fraction of sp³-hybridized carbons (Fsp3) is 0.538. The van der Waals surface area contributed by atoms with E-state index < -0.39 is 16.1 Å². The number of hydrogen-bond donors (Lipinski definition) is 1. The van der Waals surface area contributed by atoms with Gasteiger partial charge in [0, 0.05) is 6.04 Å². The highest BCUT2D eigenvalue weighted by atomic mass is 32.2. The zero-order valence-corrected chi connectivity index (χ0v) is 11.1. The average molecular weight is 267 g/mol. The lowest BCUT2D eigenvalue weighted by Gasteiger charge is -2.12. The number of benzene rings is 1. The molecule has 1 aliphatic carbocycles. The third-order valence-electron chi connectivity index (χ3n) is 3.92. The van der Waals surface area contributed by atoms with Gasteiger partial charge in [0.25, 0.3) is 0 Å². The van der Waals surface area contributed by atoms with E-state index in [0.717, 1.165) is 18.4 Å². The highest BCUT2D eigenvalue weighted by Crippen LogP contribution is 2.44. The van der Waals surface area contributed by atoms with Crippen LogP contribution in [0.1, 0.15) is 24.8 Å². The first-order valence-electron chi connectivity index (χ1n) is 6.30.